The van der Waals surface area contributed by atoms with Crippen molar-refractivity contribution in [2.75, 3.05) is 6.26 Å². The molecule has 1 aromatic rings. The minimum absolute atomic E-state index is 0.00681. The summed E-state index contributed by atoms with van der Waals surface area (Å²) in [6.07, 6.45) is 3.64. The number of thioether (sulfide) groups is 1. The third kappa shape index (κ3) is 3.88. The van der Waals surface area contributed by atoms with E-state index in [0.29, 0.717) is 20.9 Å². The van der Waals surface area contributed by atoms with E-state index in [2.05, 4.69) is 26.2 Å². The van der Waals surface area contributed by atoms with Crippen LogP contribution in [0.3, 0.4) is 0 Å². The van der Waals surface area contributed by atoms with E-state index in [-0.39, 0.29) is 5.78 Å². The van der Waals surface area contributed by atoms with Gasteiger partial charge in [0.1, 0.15) is 0 Å². The third-order valence-corrected chi connectivity index (χ3v) is 3.15. The summed E-state index contributed by atoms with van der Waals surface area (Å²) < 4.78 is 0.698. The van der Waals surface area contributed by atoms with Crippen LogP contribution in [0.25, 0.3) is 0 Å². The molecule has 0 unspecified atom stereocenters. The molecule has 88 valence electrons. The van der Waals surface area contributed by atoms with Crippen LogP contribution >= 0.6 is 27.7 Å². The number of nitrogens with one attached hydrogen (secondary N) is 1. The van der Waals surface area contributed by atoms with Crippen LogP contribution in [0, 0.1) is 11.5 Å². The molecule has 0 heterocycles. The van der Waals surface area contributed by atoms with Gasteiger partial charge in [-0.2, -0.15) is 5.26 Å². The summed E-state index contributed by atoms with van der Waals surface area (Å²) in [5, 5.41) is 11.5. The molecule has 0 fully saturated rings. The van der Waals surface area contributed by atoms with Crippen LogP contribution in [0.2, 0.25) is 0 Å². The number of ketones is 1. The Kier molecular flexibility index (Phi) is 5.19. The predicted octanol–water partition coefficient (Wildman–Crippen LogP) is 3.07. The van der Waals surface area contributed by atoms with E-state index < -0.39 is 0 Å². The molecule has 0 radical (unpaired) electrons. The fraction of sp³-hybridized carbons (Fsp3) is 0.182. The smallest absolute Gasteiger partial charge is 0.183 e. The lowest BCUT2D eigenvalue weighted by molar-refractivity contribution is 0.101. The minimum atomic E-state index is -0.00681. The van der Waals surface area contributed by atoms with Crippen molar-refractivity contribution in [3.05, 3.63) is 28.2 Å². The molecule has 0 saturated heterocycles. The van der Waals surface area contributed by atoms with Gasteiger partial charge >= 0.3 is 0 Å². The van der Waals surface area contributed by atoms with Gasteiger partial charge in [-0.3, -0.25) is 10.1 Å². The Labute approximate surface area is 112 Å². The normalized spacial score (nSPS) is 10.8. The lowest BCUT2D eigenvalue weighted by Crippen LogP contribution is -2.12. The topological polar surface area (TPSA) is 65.2 Å². The number of carbonyl (C=O) groups excluding carboxylic acids is 1. The van der Waals surface area contributed by atoms with Crippen LogP contribution < -0.4 is 5.32 Å². The van der Waals surface area contributed by atoms with Crippen molar-refractivity contribution in [3.8, 4) is 6.19 Å². The van der Waals surface area contributed by atoms with Gasteiger partial charge in [0.25, 0.3) is 0 Å². The molecular formula is C11H10BrN3OS. The van der Waals surface area contributed by atoms with Crippen molar-refractivity contribution in [1.29, 1.82) is 5.26 Å². The number of hydrogen-bond acceptors (Lipinski definition) is 4. The average Bonchev–Trinajstić information content (AvgIpc) is 2.28. The fourth-order valence-electron chi connectivity index (χ4n) is 1.15. The molecule has 0 amide bonds. The van der Waals surface area contributed by atoms with Crippen molar-refractivity contribution in [2.45, 2.75) is 6.92 Å². The Hall–Kier alpha value is -1.32. The number of nitrogens with zero attached hydrogens (tertiary/aromatic N) is 2. The highest BCUT2D eigenvalue weighted by Gasteiger charge is 2.06. The maximum absolute atomic E-state index is 11.2. The molecule has 1 N–H and O–H groups in total. The first kappa shape index (κ1) is 13.7. The molecule has 0 aromatic heterocycles. The van der Waals surface area contributed by atoms with Gasteiger partial charge in [-0.1, -0.05) is 11.8 Å². The summed E-state index contributed by atoms with van der Waals surface area (Å²) in [7, 11) is 0. The van der Waals surface area contributed by atoms with E-state index >= 15 is 0 Å². The van der Waals surface area contributed by atoms with Crippen molar-refractivity contribution in [1.82, 2.24) is 5.32 Å². The number of carbonyl (C=O) groups is 1. The maximum Gasteiger partial charge on any atom is 0.183 e. The first-order chi connectivity index (χ1) is 8.08. The molecule has 1 aromatic carbocycles. The van der Waals surface area contributed by atoms with Crippen LogP contribution in [0.15, 0.2) is 27.7 Å². The Balaban J connectivity index is 3.06. The number of nitriles is 1. The van der Waals surface area contributed by atoms with E-state index in [9.17, 15) is 4.79 Å². The molecule has 0 atom stereocenters. The Morgan fingerprint density at radius 2 is 2.29 bits per heavy atom. The molecule has 4 nitrogen and oxygen atoms in total. The van der Waals surface area contributed by atoms with E-state index in [1.54, 1.807) is 18.2 Å². The average molecular weight is 312 g/mol. The molecule has 0 aliphatic rings. The molecule has 17 heavy (non-hydrogen) atoms. The molecular weight excluding hydrogens is 302 g/mol. The van der Waals surface area contributed by atoms with E-state index in [0.717, 1.165) is 0 Å². The number of hydrogen-bond donors (Lipinski definition) is 1. The van der Waals surface area contributed by atoms with Gasteiger partial charge in [-0.15, -0.1) is 0 Å². The first-order valence-electron chi connectivity index (χ1n) is 4.66. The van der Waals surface area contributed by atoms with Crippen LogP contribution in [-0.4, -0.2) is 17.2 Å². The Morgan fingerprint density at radius 1 is 1.59 bits per heavy atom. The number of benzene rings is 1. The van der Waals surface area contributed by atoms with Gasteiger partial charge in [0.2, 0.25) is 0 Å². The van der Waals surface area contributed by atoms with Gasteiger partial charge in [-0.05, 0) is 47.3 Å². The summed E-state index contributed by atoms with van der Waals surface area (Å²) in [5.41, 5.74) is 1.29. The maximum atomic E-state index is 11.2. The number of rotatable bonds is 2. The predicted molar refractivity (Wildman–Crippen MR) is 73.5 cm³/mol. The summed E-state index contributed by atoms with van der Waals surface area (Å²) in [6.45, 7) is 1.51. The quantitative estimate of drug-likeness (QED) is 0.300. The van der Waals surface area contributed by atoms with Crippen LogP contribution in [-0.2, 0) is 0 Å². The van der Waals surface area contributed by atoms with E-state index in [1.807, 2.05) is 12.4 Å². The van der Waals surface area contributed by atoms with Crippen LogP contribution in [0.1, 0.15) is 17.3 Å². The highest BCUT2D eigenvalue weighted by molar-refractivity contribution is 9.10. The largest absolute Gasteiger partial charge is 0.294 e. The van der Waals surface area contributed by atoms with Gasteiger partial charge in [-0.25, -0.2) is 4.99 Å². The fourth-order valence-corrected chi connectivity index (χ4v) is 2.14. The number of amidine groups is 1. The summed E-state index contributed by atoms with van der Waals surface area (Å²) in [6, 6.07) is 5.18. The van der Waals surface area contributed by atoms with Crippen molar-refractivity contribution < 1.29 is 4.79 Å². The number of aliphatic imine (C=N–C) groups is 1. The molecule has 0 aliphatic carbocycles. The summed E-state index contributed by atoms with van der Waals surface area (Å²) in [5.74, 6) is -0.00681. The van der Waals surface area contributed by atoms with E-state index in [4.69, 9.17) is 5.26 Å². The van der Waals surface area contributed by atoms with Gasteiger partial charge in [0, 0.05) is 10.0 Å². The monoisotopic (exact) mass is 311 g/mol. The lowest BCUT2D eigenvalue weighted by atomic mass is 10.1. The van der Waals surface area contributed by atoms with Gasteiger partial charge in [0.05, 0.1) is 5.69 Å². The van der Waals surface area contributed by atoms with Crippen LogP contribution in [0.4, 0.5) is 5.69 Å². The SMILES string of the molecule is CSC(=Nc1ccc(C(C)=O)c(Br)c1)NC#N. The van der Waals surface area contributed by atoms with E-state index in [1.165, 1.54) is 18.7 Å². The second-order valence-corrected chi connectivity index (χ2v) is 4.73. The van der Waals surface area contributed by atoms with Crippen molar-refractivity contribution >= 4 is 44.3 Å². The Bertz CT molecular complexity index is 508. The zero-order valence-electron chi connectivity index (χ0n) is 9.32. The zero-order valence-corrected chi connectivity index (χ0v) is 11.7. The lowest BCUT2D eigenvalue weighted by Gasteiger charge is -2.03. The highest BCUT2D eigenvalue weighted by Crippen LogP contribution is 2.24. The second kappa shape index (κ2) is 6.42. The van der Waals surface area contributed by atoms with Crippen molar-refractivity contribution in [3.63, 3.8) is 0 Å². The molecule has 1 rings (SSSR count). The molecule has 0 saturated carbocycles. The minimum Gasteiger partial charge on any atom is -0.294 e. The molecule has 0 aliphatic heterocycles. The third-order valence-electron chi connectivity index (χ3n) is 1.92. The molecule has 0 spiro atoms. The summed E-state index contributed by atoms with van der Waals surface area (Å²) >= 11 is 4.66. The standard InChI is InChI=1S/C11H10BrN3OS/c1-7(16)9-4-3-8(5-10(9)12)15-11(17-2)14-6-13/h3-5H,1-2H3,(H,14,15). The number of Topliss-reactive ketones (excluding diaryl/α,β-unsaturated/α-hetero) is 1. The number of halogens is 1. The first-order valence-corrected chi connectivity index (χ1v) is 6.68. The van der Waals surface area contributed by atoms with Gasteiger partial charge in [0.15, 0.2) is 17.1 Å². The van der Waals surface area contributed by atoms with Crippen LogP contribution in [0.5, 0.6) is 0 Å². The van der Waals surface area contributed by atoms with Crippen molar-refractivity contribution in [2.24, 2.45) is 4.99 Å². The molecule has 6 heteroatoms. The summed E-state index contributed by atoms with van der Waals surface area (Å²) in [4.78, 5) is 15.5. The molecule has 0 bridgehead atoms. The second-order valence-electron chi connectivity index (χ2n) is 3.08. The zero-order chi connectivity index (χ0) is 12.8. The van der Waals surface area contributed by atoms with Gasteiger partial charge < -0.3 is 0 Å². The Morgan fingerprint density at radius 3 is 2.76 bits per heavy atom. The highest BCUT2D eigenvalue weighted by atomic mass is 79.9.